The molecule has 0 radical (unpaired) electrons. The van der Waals surface area contributed by atoms with Gasteiger partial charge in [-0.3, -0.25) is 4.79 Å². The van der Waals surface area contributed by atoms with Crippen LogP contribution >= 0.6 is 0 Å². The first-order valence-electron chi connectivity index (χ1n) is 5.96. The summed E-state index contributed by atoms with van der Waals surface area (Å²) in [5.41, 5.74) is 7.86. The maximum Gasteiger partial charge on any atom is 0.220 e. The Labute approximate surface area is 103 Å². The van der Waals surface area contributed by atoms with Gasteiger partial charge in [0.1, 0.15) is 0 Å². The molecule has 17 heavy (non-hydrogen) atoms. The molecule has 3 N–H and O–H groups in total. The zero-order valence-electron chi connectivity index (χ0n) is 11.2. The van der Waals surface area contributed by atoms with E-state index in [4.69, 9.17) is 5.73 Å². The van der Waals surface area contributed by atoms with Gasteiger partial charge in [-0.2, -0.15) is 0 Å². The molecule has 1 rings (SSSR count). The van der Waals surface area contributed by atoms with Crippen LogP contribution < -0.4 is 11.1 Å². The Balaban J connectivity index is 2.36. The molecule has 0 bridgehead atoms. The number of carbonyl (C=O) groups excluding carboxylic acids is 1. The SMILES string of the molecule is Cc1ccc(CNC(=O)CCC(C)(C)N)n1C. The third-order valence-electron chi connectivity index (χ3n) is 2.94. The second-order valence-electron chi connectivity index (χ2n) is 5.29. The maximum atomic E-state index is 11.6. The van der Waals surface area contributed by atoms with E-state index in [2.05, 4.69) is 9.88 Å². The molecule has 4 heteroatoms. The van der Waals surface area contributed by atoms with Crippen LogP contribution in [0.4, 0.5) is 0 Å². The quantitative estimate of drug-likeness (QED) is 0.814. The molecule has 96 valence electrons. The van der Waals surface area contributed by atoms with E-state index in [1.165, 1.54) is 5.69 Å². The molecule has 0 aliphatic carbocycles. The predicted molar refractivity (Wildman–Crippen MR) is 69.5 cm³/mol. The van der Waals surface area contributed by atoms with Crippen LogP contribution in [0, 0.1) is 6.92 Å². The minimum atomic E-state index is -0.279. The highest BCUT2D eigenvalue weighted by Crippen LogP contribution is 2.08. The largest absolute Gasteiger partial charge is 0.351 e. The summed E-state index contributed by atoms with van der Waals surface area (Å²) in [7, 11) is 2.00. The molecular formula is C13H23N3O. The van der Waals surface area contributed by atoms with E-state index in [-0.39, 0.29) is 11.4 Å². The van der Waals surface area contributed by atoms with E-state index >= 15 is 0 Å². The van der Waals surface area contributed by atoms with E-state index in [0.717, 1.165) is 5.69 Å². The Morgan fingerprint density at radius 2 is 2.12 bits per heavy atom. The average Bonchev–Trinajstić information content (AvgIpc) is 2.53. The fourth-order valence-electron chi connectivity index (χ4n) is 1.56. The van der Waals surface area contributed by atoms with Crippen molar-refractivity contribution in [3.05, 3.63) is 23.5 Å². The molecule has 1 aromatic heterocycles. The van der Waals surface area contributed by atoms with Crippen LogP contribution in [0.3, 0.4) is 0 Å². The third kappa shape index (κ3) is 4.61. The lowest BCUT2D eigenvalue weighted by molar-refractivity contribution is -0.121. The highest BCUT2D eigenvalue weighted by atomic mass is 16.1. The summed E-state index contributed by atoms with van der Waals surface area (Å²) in [4.78, 5) is 11.6. The molecule has 0 atom stereocenters. The monoisotopic (exact) mass is 237 g/mol. The summed E-state index contributed by atoms with van der Waals surface area (Å²) in [5, 5.41) is 2.91. The van der Waals surface area contributed by atoms with Gasteiger partial charge in [0.25, 0.3) is 0 Å². The fraction of sp³-hybridized carbons (Fsp3) is 0.615. The summed E-state index contributed by atoms with van der Waals surface area (Å²) in [6, 6.07) is 4.08. The van der Waals surface area contributed by atoms with E-state index in [1.54, 1.807) is 0 Å². The summed E-state index contributed by atoms with van der Waals surface area (Å²) < 4.78 is 2.08. The molecule has 0 fully saturated rings. The van der Waals surface area contributed by atoms with Gasteiger partial charge in [0.05, 0.1) is 6.54 Å². The maximum absolute atomic E-state index is 11.6. The van der Waals surface area contributed by atoms with Crippen LogP contribution in [-0.2, 0) is 18.4 Å². The summed E-state index contributed by atoms with van der Waals surface area (Å²) in [6.45, 7) is 6.48. The van der Waals surface area contributed by atoms with Crippen LogP contribution in [0.5, 0.6) is 0 Å². The van der Waals surface area contributed by atoms with E-state index in [9.17, 15) is 4.79 Å². The van der Waals surface area contributed by atoms with Crippen molar-refractivity contribution in [2.45, 2.75) is 45.7 Å². The Morgan fingerprint density at radius 3 is 2.59 bits per heavy atom. The van der Waals surface area contributed by atoms with Crippen molar-refractivity contribution >= 4 is 5.91 Å². The first-order valence-corrected chi connectivity index (χ1v) is 5.96. The van der Waals surface area contributed by atoms with Crippen molar-refractivity contribution in [2.75, 3.05) is 0 Å². The number of aryl methyl sites for hydroxylation is 1. The van der Waals surface area contributed by atoms with Gasteiger partial charge in [0.15, 0.2) is 0 Å². The van der Waals surface area contributed by atoms with E-state index < -0.39 is 0 Å². The Morgan fingerprint density at radius 1 is 1.47 bits per heavy atom. The highest BCUT2D eigenvalue weighted by molar-refractivity contribution is 5.75. The molecular weight excluding hydrogens is 214 g/mol. The first-order chi connectivity index (χ1) is 7.79. The zero-order valence-corrected chi connectivity index (χ0v) is 11.2. The van der Waals surface area contributed by atoms with Gasteiger partial charge in [-0.15, -0.1) is 0 Å². The Bertz CT molecular complexity index is 388. The van der Waals surface area contributed by atoms with Crippen molar-refractivity contribution in [1.82, 2.24) is 9.88 Å². The van der Waals surface area contributed by atoms with Crippen molar-refractivity contribution < 1.29 is 4.79 Å². The lowest BCUT2D eigenvalue weighted by atomic mass is 10.00. The number of hydrogen-bond donors (Lipinski definition) is 2. The van der Waals surface area contributed by atoms with Crippen LogP contribution in [0.2, 0.25) is 0 Å². The van der Waals surface area contributed by atoms with Crippen LogP contribution in [0.1, 0.15) is 38.1 Å². The van der Waals surface area contributed by atoms with E-state index in [1.807, 2.05) is 40.0 Å². The molecule has 0 saturated carbocycles. The Kier molecular flexibility index (Phi) is 4.34. The minimum Gasteiger partial charge on any atom is -0.351 e. The topological polar surface area (TPSA) is 60.1 Å². The molecule has 0 unspecified atom stereocenters. The summed E-state index contributed by atoms with van der Waals surface area (Å²) in [6.07, 6.45) is 1.18. The van der Waals surface area contributed by atoms with Gasteiger partial charge in [0, 0.05) is 30.4 Å². The number of nitrogens with two attached hydrogens (primary N) is 1. The van der Waals surface area contributed by atoms with Gasteiger partial charge in [-0.25, -0.2) is 0 Å². The second kappa shape index (κ2) is 5.36. The van der Waals surface area contributed by atoms with Crippen molar-refractivity contribution in [3.8, 4) is 0 Å². The smallest absolute Gasteiger partial charge is 0.220 e. The molecule has 0 aliphatic rings. The number of nitrogens with zero attached hydrogens (tertiary/aromatic N) is 1. The molecule has 4 nitrogen and oxygen atoms in total. The number of nitrogens with one attached hydrogen (secondary N) is 1. The molecule has 0 aromatic carbocycles. The highest BCUT2D eigenvalue weighted by Gasteiger charge is 2.13. The number of aromatic nitrogens is 1. The minimum absolute atomic E-state index is 0.0578. The van der Waals surface area contributed by atoms with Gasteiger partial charge in [0.2, 0.25) is 5.91 Å². The number of hydrogen-bond acceptors (Lipinski definition) is 2. The number of rotatable bonds is 5. The summed E-state index contributed by atoms with van der Waals surface area (Å²) >= 11 is 0. The molecule has 0 saturated heterocycles. The van der Waals surface area contributed by atoms with Crippen molar-refractivity contribution in [3.63, 3.8) is 0 Å². The fourth-order valence-corrected chi connectivity index (χ4v) is 1.56. The molecule has 1 heterocycles. The Hall–Kier alpha value is -1.29. The van der Waals surface area contributed by atoms with Gasteiger partial charge in [-0.1, -0.05) is 0 Å². The van der Waals surface area contributed by atoms with Crippen molar-refractivity contribution in [1.29, 1.82) is 0 Å². The number of amides is 1. The van der Waals surface area contributed by atoms with Crippen LogP contribution in [0.25, 0.3) is 0 Å². The lowest BCUT2D eigenvalue weighted by Crippen LogP contribution is -2.34. The lowest BCUT2D eigenvalue weighted by Gasteiger charge is -2.17. The second-order valence-corrected chi connectivity index (χ2v) is 5.29. The predicted octanol–water partition coefficient (Wildman–Crippen LogP) is 1.47. The van der Waals surface area contributed by atoms with Crippen LogP contribution in [-0.4, -0.2) is 16.0 Å². The molecule has 1 aromatic rings. The van der Waals surface area contributed by atoms with E-state index in [0.29, 0.717) is 19.4 Å². The standard InChI is InChI=1S/C13H23N3O/c1-10-5-6-11(16(10)4)9-15-12(17)7-8-13(2,3)14/h5-6H,7-9,14H2,1-4H3,(H,15,17). The van der Waals surface area contributed by atoms with Gasteiger partial charge >= 0.3 is 0 Å². The third-order valence-corrected chi connectivity index (χ3v) is 2.94. The normalized spacial score (nSPS) is 11.6. The molecule has 1 amide bonds. The van der Waals surface area contributed by atoms with Gasteiger partial charge in [-0.05, 0) is 39.3 Å². The number of carbonyl (C=O) groups is 1. The average molecular weight is 237 g/mol. The molecule has 0 aliphatic heterocycles. The molecule has 0 spiro atoms. The first kappa shape index (κ1) is 13.8. The summed E-state index contributed by atoms with van der Waals surface area (Å²) in [5.74, 6) is 0.0578. The van der Waals surface area contributed by atoms with Gasteiger partial charge < -0.3 is 15.6 Å². The zero-order chi connectivity index (χ0) is 13.1. The van der Waals surface area contributed by atoms with Crippen molar-refractivity contribution in [2.24, 2.45) is 12.8 Å². The van der Waals surface area contributed by atoms with Crippen LogP contribution in [0.15, 0.2) is 12.1 Å².